The molecule has 1 unspecified atom stereocenters. The molecule has 1 aromatic rings. The van der Waals surface area contributed by atoms with Gasteiger partial charge in [-0.25, -0.2) is 13.6 Å². The highest BCUT2D eigenvalue weighted by atomic mass is 19.2. The van der Waals surface area contributed by atoms with Gasteiger partial charge < -0.3 is 15.1 Å². The molecular weight excluding hydrogens is 328 g/mol. The molecule has 2 aliphatic rings. The molecule has 1 N–H and O–H groups in total. The zero-order valence-corrected chi connectivity index (χ0v) is 14.4. The Bertz CT molecular complexity index is 682. The molecule has 0 saturated carbocycles. The largest absolute Gasteiger partial charge is 0.338 e. The Balaban J connectivity index is 1.73. The van der Waals surface area contributed by atoms with E-state index in [-0.39, 0.29) is 24.0 Å². The van der Waals surface area contributed by atoms with Crippen LogP contribution in [-0.2, 0) is 11.3 Å². The Labute approximate surface area is 146 Å². The Kier molecular flexibility index (Phi) is 4.92. The molecule has 7 heteroatoms. The lowest BCUT2D eigenvalue weighted by molar-refractivity contribution is -0.146. The highest BCUT2D eigenvalue weighted by Gasteiger charge is 2.49. The maximum Gasteiger partial charge on any atom is 0.317 e. The van der Waals surface area contributed by atoms with Crippen molar-refractivity contribution in [2.45, 2.75) is 32.7 Å². The number of nitrogens with one attached hydrogen (secondary N) is 1. The third-order valence-electron chi connectivity index (χ3n) is 5.19. The van der Waals surface area contributed by atoms with Crippen molar-refractivity contribution in [3.8, 4) is 0 Å². The van der Waals surface area contributed by atoms with E-state index in [0.717, 1.165) is 18.9 Å². The summed E-state index contributed by atoms with van der Waals surface area (Å²) in [6, 6.07) is 3.87. The van der Waals surface area contributed by atoms with Gasteiger partial charge in [-0.1, -0.05) is 12.1 Å². The molecule has 0 aliphatic carbocycles. The van der Waals surface area contributed by atoms with Crippen molar-refractivity contribution in [2.75, 3.05) is 26.2 Å². The van der Waals surface area contributed by atoms with Gasteiger partial charge in [0.15, 0.2) is 11.6 Å². The maximum atomic E-state index is 13.9. The second-order valence-electron chi connectivity index (χ2n) is 6.83. The van der Waals surface area contributed by atoms with E-state index in [1.807, 2.05) is 6.92 Å². The highest BCUT2D eigenvalue weighted by molar-refractivity contribution is 5.85. The third-order valence-corrected chi connectivity index (χ3v) is 5.19. The Morgan fingerprint density at radius 3 is 2.84 bits per heavy atom. The summed E-state index contributed by atoms with van der Waals surface area (Å²) < 4.78 is 27.3. The summed E-state index contributed by atoms with van der Waals surface area (Å²) in [7, 11) is 0. The molecule has 3 rings (SSSR count). The van der Waals surface area contributed by atoms with Crippen LogP contribution in [0.2, 0.25) is 0 Å². The minimum atomic E-state index is -0.903. The van der Waals surface area contributed by atoms with Gasteiger partial charge in [-0.15, -0.1) is 0 Å². The molecule has 2 aliphatic heterocycles. The number of hydrogen-bond donors (Lipinski definition) is 1. The lowest BCUT2D eigenvalue weighted by Gasteiger charge is -2.39. The molecular formula is C18H23F2N3O2. The lowest BCUT2D eigenvalue weighted by Crippen LogP contribution is -2.50. The van der Waals surface area contributed by atoms with Crippen molar-refractivity contribution in [1.82, 2.24) is 15.1 Å². The molecule has 1 atom stereocenters. The molecule has 0 aromatic heterocycles. The summed E-state index contributed by atoms with van der Waals surface area (Å²) in [6.07, 6.45) is 2.14. The predicted octanol–water partition coefficient (Wildman–Crippen LogP) is 2.51. The van der Waals surface area contributed by atoms with E-state index in [9.17, 15) is 18.4 Å². The molecule has 0 radical (unpaired) electrons. The van der Waals surface area contributed by atoms with Crippen LogP contribution in [0.3, 0.4) is 0 Å². The molecule has 1 aromatic carbocycles. The van der Waals surface area contributed by atoms with Gasteiger partial charge in [0.05, 0.1) is 5.41 Å². The van der Waals surface area contributed by atoms with Gasteiger partial charge in [-0.3, -0.25) is 4.79 Å². The minimum Gasteiger partial charge on any atom is -0.338 e. The van der Waals surface area contributed by atoms with Crippen LogP contribution in [0.4, 0.5) is 13.6 Å². The van der Waals surface area contributed by atoms with Gasteiger partial charge in [0.1, 0.15) is 0 Å². The predicted molar refractivity (Wildman–Crippen MR) is 88.7 cm³/mol. The fraction of sp³-hybridized carbons (Fsp3) is 0.556. The SMILES string of the molecule is CCNC(=O)N1CCC2(CCCN(Cc3cccc(F)c3F)C2=O)C1. The summed E-state index contributed by atoms with van der Waals surface area (Å²) in [4.78, 5) is 28.3. The Morgan fingerprint density at radius 2 is 2.08 bits per heavy atom. The number of piperidine rings is 1. The van der Waals surface area contributed by atoms with E-state index in [0.29, 0.717) is 32.6 Å². The van der Waals surface area contributed by atoms with E-state index in [1.54, 1.807) is 9.80 Å². The van der Waals surface area contributed by atoms with Crippen molar-refractivity contribution >= 4 is 11.9 Å². The minimum absolute atomic E-state index is 0.0608. The van der Waals surface area contributed by atoms with E-state index in [1.165, 1.54) is 12.1 Å². The number of amides is 3. The topological polar surface area (TPSA) is 52.7 Å². The smallest absolute Gasteiger partial charge is 0.317 e. The Hall–Kier alpha value is -2.18. The van der Waals surface area contributed by atoms with E-state index >= 15 is 0 Å². The van der Waals surface area contributed by atoms with Gasteiger partial charge in [-0.05, 0) is 32.3 Å². The van der Waals surface area contributed by atoms with Crippen molar-refractivity contribution in [3.05, 3.63) is 35.4 Å². The van der Waals surface area contributed by atoms with Crippen LogP contribution in [0.5, 0.6) is 0 Å². The molecule has 2 fully saturated rings. The molecule has 136 valence electrons. The zero-order valence-electron chi connectivity index (χ0n) is 14.4. The first-order valence-electron chi connectivity index (χ1n) is 8.72. The molecule has 25 heavy (non-hydrogen) atoms. The first kappa shape index (κ1) is 17.6. The number of rotatable bonds is 3. The first-order valence-corrected chi connectivity index (χ1v) is 8.72. The lowest BCUT2D eigenvalue weighted by atomic mass is 9.78. The number of benzene rings is 1. The van der Waals surface area contributed by atoms with Crippen LogP contribution in [0, 0.1) is 17.0 Å². The second kappa shape index (κ2) is 6.98. The van der Waals surface area contributed by atoms with Gasteiger partial charge in [-0.2, -0.15) is 0 Å². The molecule has 3 amide bonds. The van der Waals surface area contributed by atoms with Crippen LogP contribution in [0.15, 0.2) is 18.2 Å². The molecule has 5 nitrogen and oxygen atoms in total. The van der Waals surface area contributed by atoms with Gasteiger partial charge in [0.2, 0.25) is 5.91 Å². The van der Waals surface area contributed by atoms with Crippen LogP contribution in [0.25, 0.3) is 0 Å². The number of urea groups is 1. The monoisotopic (exact) mass is 351 g/mol. The normalized spacial score (nSPS) is 23.4. The van der Waals surface area contributed by atoms with Crippen LogP contribution >= 0.6 is 0 Å². The standard InChI is InChI=1S/C18H23F2N3O2/c1-2-21-17(25)23-10-8-18(12-23)7-4-9-22(16(18)24)11-13-5-3-6-14(19)15(13)20/h3,5-6H,2,4,7-12H2,1H3,(H,21,25). The fourth-order valence-electron chi connectivity index (χ4n) is 3.87. The highest BCUT2D eigenvalue weighted by Crippen LogP contribution is 2.40. The molecule has 2 heterocycles. The number of carbonyl (C=O) groups is 2. The summed E-state index contributed by atoms with van der Waals surface area (Å²) in [5.74, 6) is -1.86. The summed E-state index contributed by atoms with van der Waals surface area (Å²) >= 11 is 0. The molecule has 2 saturated heterocycles. The molecule has 0 bridgehead atoms. The number of likely N-dealkylation sites (tertiary alicyclic amines) is 2. The number of hydrogen-bond acceptors (Lipinski definition) is 2. The zero-order chi connectivity index (χ0) is 18.0. The van der Waals surface area contributed by atoms with Gasteiger partial charge in [0, 0.05) is 38.3 Å². The Morgan fingerprint density at radius 1 is 1.28 bits per heavy atom. The third kappa shape index (κ3) is 3.32. The van der Waals surface area contributed by atoms with Crippen LogP contribution in [0.1, 0.15) is 31.7 Å². The average Bonchev–Trinajstić information content (AvgIpc) is 3.02. The van der Waals surface area contributed by atoms with Crippen molar-refractivity contribution < 1.29 is 18.4 Å². The van der Waals surface area contributed by atoms with Crippen LogP contribution < -0.4 is 5.32 Å². The van der Waals surface area contributed by atoms with Crippen molar-refractivity contribution in [3.63, 3.8) is 0 Å². The average molecular weight is 351 g/mol. The number of carbonyl (C=O) groups excluding carboxylic acids is 2. The van der Waals surface area contributed by atoms with Crippen molar-refractivity contribution in [2.24, 2.45) is 5.41 Å². The van der Waals surface area contributed by atoms with E-state index < -0.39 is 17.0 Å². The van der Waals surface area contributed by atoms with Gasteiger partial charge in [0.25, 0.3) is 0 Å². The second-order valence-corrected chi connectivity index (χ2v) is 6.83. The van der Waals surface area contributed by atoms with E-state index in [2.05, 4.69) is 5.32 Å². The van der Waals surface area contributed by atoms with Crippen molar-refractivity contribution in [1.29, 1.82) is 0 Å². The number of halogens is 2. The quantitative estimate of drug-likeness (QED) is 0.910. The molecule has 1 spiro atoms. The van der Waals surface area contributed by atoms with Crippen LogP contribution in [-0.4, -0.2) is 47.9 Å². The summed E-state index contributed by atoms with van der Waals surface area (Å²) in [5, 5.41) is 2.76. The summed E-state index contributed by atoms with van der Waals surface area (Å²) in [6.45, 7) is 3.91. The summed E-state index contributed by atoms with van der Waals surface area (Å²) in [5.41, 5.74) is -0.406. The fourth-order valence-corrected chi connectivity index (χ4v) is 3.87. The number of nitrogens with zero attached hydrogens (tertiary/aromatic N) is 2. The van der Waals surface area contributed by atoms with E-state index in [4.69, 9.17) is 0 Å². The van der Waals surface area contributed by atoms with Gasteiger partial charge >= 0.3 is 6.03 Å². The maximum absolute atomic E-state index is 13.9. The first-order chi connectivity index (χ1) is 12.0.